The molecule has 1 N–H and O–H groups in total. The molecule has 0 bridgehead atoms. The van der Waals surface area contributed by atoms with Crippen molar-refractivity contribution in [3.8, 4) is 22.6 Å². The average molecular weight is 376 g/mol. The highest BCUT2D eigenvalue weighted by Gasteiger charge is 2.25. The Labute approximate surface area is 159 Å². The number of hydrogen-bond donors (Lipinski definition) is 1. The van der Waals surface area contributed by atoms with Crippen molar-refractivity contribution in [1.29, 1.82) is 0 Å². The summed E-state index contributed by atoms with van der Waals surface area (Å²) in [7, 11) is 1.25. The molecule has 8 heteroatoms. The molecule has 0 unspecified atom stereocenters. The Morgan fingerprint density at radius 1 is 1.14 bits per heavy atom. The first-order chi connectivity index (χ1) is 13.5. The molecule has 0 saturated carbocycles. The van der Waals surface area contributed by atoms with Crippen molar-refractivity contribution in [2.75, 3.05) is 7.11 Å². The monoisotopic (exact) mass is 376 g/mol. The van der Waals surface area contributed by atoms with Gasteiger partial charge in [-0.05, 0) is 36.8 Å². The number of pyridine rings is 2. The van der Waals surface area contributed by atoms with Crippen LogP contribution in [0.3, 0.4) is 0 Å². The van der Waals surface area contributed by atoms with Crippen molar-refractivity contribution in [2.45, 2.75) is 6.92 Å². The van der Waals surface area contributed by atoms with Gasteiger partial charge in [0, 0.05) is 18.6 Å². The number of aromatic amines is 1. The van der Waals surface area contributed by atoms with Crippen LogP contribution in [0.4, 0.5) is 0 Å². The molecule has 2 aliphatic heterocycles. The SMILES string of the molecule is COC(=O)c1cn(-c2ccc[nH]c2=O)cc2c(=O)n(-c3cccc(C)c3)nc1-2. The van der Waals surface area contributed by atoms with Gasteiger partial charge >= 0.3 is 5.97 Å². The molecule has 0 saturated heterocycles. The zero-order chi connectivity index (χ0) is 19.8. The van der Waals surface area contributed by atoms with Gasteiger partial charge in [0.25, 0.3) is 11.1 Å². The normalized spacial score (nSPS) is 10.9. The number of benzene rings is 1. The molecular weight excluding hydrogens is 360 g/mol. The maximum atomic E-state index is 13.0. The molecule has 0 fully saturated rings. The number of esters is 1. The van der Waals surface area contributed by atoms with Crippen LogP contribution in [0.25, 0.3) is 22.6 Å². The van der Waals surface area contributed by atoms with Crippen LogP contribution < -0.4 is 11.1 Å². The zero-order valence-electron chi connectivity index (χ0n) is 15.2. The number of ether oxygens (including phenoxy) is 1. The van der Waals surface area contributed by atoms with Crippen molar-refractivity contribution >= 4 is 5.97 Å². The van der Waals surface area contributed by atoms with Crippen LogP contribution in [0.5, 0.6) is 0 Å². The van der Waals surface area contributed by atoms with Crippen molar-refractivity contribution in [2.24, 2.45) is 0 Å². The van der Waals surface area contributed by atoms with Gasteiger partial charge in [-0.1, -0.05) is 12.1 Å². The van der Waals surface area contributed by atoms with E-state index in [1.54, 1.807) is 18.2 Å². The first kappa shape index (κ1) is 17.5. The Morgan fingerprint density at radius 3 is 2.68 bits per heavy atom. The largest absolute Gasteiger partial charge is 0.465 e. The first-order valence-corrected chi connectivity index (χ1v) is 8.48. The van der Waals surface area contributed by atoms with E-state index in [0.717, 1.165) is 5.56 Å². The van der Waals surface area contributed by atoms with Crippen molar-refractivity contribution in [3.63, 3.8) is 0 Å². The number of aromatic nitrogens is 4. The number of carbonyl (C=O) groups excluding carboxylic acids is 1. The Morgan fingerprint density at radius 2 is 1.96 bits per heavy atom. The summed E-state index contributed by atoms with van der Waals surface area (Å²) in [6.45, 7) is 1.91. The summed E-state index contributed by atoms with van der Waals surface area (Å²) in [4.78, 5) is 40.1. The third kappa shape index (κ3) is 2.81. The van der Waals surface area contributed by atoms with Gasteiger partial charge in [-0.25, -0.2) is 4.79 Å². The molecule has 2 aromatic rings. The third-order valence-electron chi connectivity index (χ3n) is 4.40. The molecule has 28 heavy (non-hydrogen) atoms. The van der Waals surface area contributed by atoms with Gasteiger partial charge in [-0.15, -0.1) is 0 Å². The number of hydrogen-bond acceptors (Lipinski definition) is 5. The van der Waals surface area contributed by atoms with E-state index >= 15 is 0 Å². The van der Waals surface area contributed by atoms with Crippen LogP contribution in [0.15, 0.2) is 64.6 Å². The number of fused-ring (bicyclic) bond motifs is 1. The van der Waals surface area contributed by atoms with E-state index in [0.29, 0.717) is 5.69 Å². The smallest absolute Gasteiger partial charge is 0.341 e. The van der Waals surface area contributed by atoms with E-state index in [-0.39, 0.29) is 28.1 Å². The molecule has 4 rings (SSSR count). The lowest BCUT2D eigenvalue weighted by Gasteiger charge is -2.10. The lowest BCUT2D eigenvalue weighted by molar-refractivity contribution is 0.0600. The van der Waals surface area contributed by atoms with Gasteiger partial charge in [-0.3, -0.25) is 9.59 Å². The Kier molecular flexibility index (Phi) is 4.15. The lowest BCUT2D eigenvalue weighted by atomic mass is 10.1. The van der Waals surface area contributed by atoms with Crippen LogP contribution in [-0.2, 0) is 4.74 Å². The summed E-state index contributed by atoms with van der Waals surface area (Å²) in [5, 5.41) is 4.35. The van der Waals surface area contributed by atoms with Crippen LogP contribution in [0, 0.1) is 6.92 Å². The minimum absolute atomic E-state index is 0.0896. The fourth-order valence-corrected chi connectivity index (χ4v) is 3.06. The zero-order valence-corrected chi connectivity index (χ0v) is 15.2. The number of rotatable bonds is 3. The summed E-state index contributed by atoms with van der Waals surface area (Å²) in [6.07, 6.45) is 4.43. The molecule has 0 radical (unpaired) electrons. The average Bonchev–Trinajstić information content (AvgIpc) is 3.04. The van der Waals surface area contributed by atoms with Gasteiger partial charge in [0.2, 0.25) is 0 Å². The second kappa shape index (κ2) is 6.66. The summed E-state index contributed by atoms with van der Waals surface area (Å²) in [6, 6.07) is 10.5. The van der Waals surface area contributed by atoms with Crippen molar-refractivity contribution < 1.29 is 9.53 Å². The molecule has 0 amide bonds. The molecule has 0 atom stereocenters. The summed E-state index contributed by atoms with van der Waals surface area (Å²) < 4.78 is 7.52. The fourth-order valence-electron chi connectivity index (χ4n) is 3.06. The van der Waals surface area contributed by atoms with Crippen LogP contribution in [0.1, 0.15) is 15.9 Å². The predicted molar refractivity (Wildman–Crippen MR) is 102 cm³/mol. The van der Waals surface area contributed by atoms with Crippen molar-refractivity contribution in [3.05, 3.63) is 86.8 Å². The fraction of sp³-hybridized carbons (Fsp3) is 0.100. The van der Waals surface area contributed by atoms with Gasteiger partial charge < -0.3 is 14.3 Å². The number of methoxy groups -OCH3 is 1. The molecule has 0 aliphatic carbocycles. The van der Waals surface area contributed by atoms with E-state index in [4.69, 9.17) is 4.74 Å². The maximum absolute atomic E-state index is 13.0. The number of aryl methyl sites for hydroxylation is 1. The number of nitrogens with one attached hydrogen (secondary N) is 1. The molecule has 8 nitrogen and oxygen atoms in total. The Balaban J connectivity index is 2.04. The first-order valence-electron chi connectivity index (χ1n) is 8.48. The van der Waals surface area contributed by atoms with E-state index in [1.165, 1.54) is 34.9 Å². The molecule has 2 aliphatic rings. The van der Waals surface area contributed by atoms with Gasteiger partial charge in [0.05, 0.1) is 18.4 Å². The van der Waals surface area contributed by atoms with Gasteiger partial charge in [0.15, 0.2) is 0 Å². The Hall–Kier alpha value is -3.94. The standard InChI is InChI=1S/C20H16N4O4/c1-12-5-3-6-13(9-12)24-19(26)14-10-23(16-7-4-8-21-18(16)25)11-15(17(14)22-24)20(27)28-2/h3-11H,1-2H3,(H,21,25). The van der Waals surface area contributed by atoms with Crippen LogP contribution in [0.2, 0.25) is 0 Å². The molecule has 3 heterocycles. The van der Waals surface area contributed by atoms with Crippen LogP contribution in [-0.4, -0.2) is 32.4 Å². The van der Waals surface area contributed by atoms with Gasteiger partial charge in [-0.2, -0.15) is 9.78 Å². The molecule has 1 aromatic carbocycles. The molecule has 140 valence electrons. The number of carbonyl (C=O) groups is 1. The summed E-state index contributed by atoms with van der Waals surface area (Å²) >= 11 is 0. The molecule has 1 aromatic heterocycles. The lowest BCUT2D eigenvalue weighted by Crippen LogP contribution is -2.18. The second-order valence-corrected chi connectivity index (χ2v) is 6.27. The Bertz CT molecular complexity index is 1280. The van der Waals surface area contributed by atoms with E-state index in [2.05, 4.69) is 10.1 Å². The highest BCUT2D eigenvalue weighted by atomic mass is 16.5. The minimum Gasteiger partial charge on any atom is -0.465 e. The quantitative estimate of drug-likeness (QED) is 0.551. The third-order valence-corrected chi connectivity index (χ3v) is 4.40. The molecular formula is C20H16N4O4. The van der Waals surface area contributed by atoms with Crippen molar-refractivity contribution in [1.82, 2.24) is 19.3 Å². The molecule has 0 spiro atoms. The summed E-state index contributed by atoms with van der Waals surface area (Å²) in [5.41, 5.74) is 1.56. The van der Waals surface area contributed by atoms with E-state index in [1.807, 2.05) is 25.1 Å². The van der Waals surface area contributed by atoms with Crippen LogP contribution >= 0.6 is 0 Å². The predicted octanol–water partition coefficient (Wildman–Crippen LogP) is 1.91. The number of nitrogens with zero attached hydrogens (tertiary/aromatic N) is 3. The minimum atomic E-state index is -0.652. The highest BCUT2D eigenvalue weighted by Crippen LogP contribution is 2.24. The summed E-state index contributed by atoms with van der Waals surface area (Å²) in [5.74, 6) is -0.652. The van der Waals surface area contributed by atoms with E-state index < -0.39 is 11.5 Å². The topological polar surface area (TPSA) is 99.0 Å². The van der Waals surface area contributed by atoms with Gasteiger partial charge in [0.1, 0.15) is 16.9 Å². The van der Waals surface area contributed by atoms with E-state index in [9.17, 15) is 14.4 Å². The second-order valence-electron chi connectivity index (χ2n) is 6.27. The number of H-pyrrole nitrogens is 1. The highest BCUT2D eigenvalue weighted by molar-refractivity contribution is 5.96. The maximum Gasteiger partial charge on any atom is 0.341 e.